The highest BCUT2D eigenvalue weighted by Gasteiger charge is 2.55. The van der Waals surface area contributed by atoms with Crippen LogP contribution >= 0.6 is 0 Å². The first-order chi connectivity index (χ1) is 20.2. The fourth-order valence-electron chi connectivity index (χ4n) is 6.83. The molecule has 4 heterocycles. The molecule has 0 atom stereocenters. The van der Waals surface area contributed by atoms with E-state index in [9.17, 15) is 0 Å². The zero-order valence-electron chi connectivity index (χ0n) is 24.1. The van der Waals surface area contributed by atoms with E-state index in [4.69, 9.17) is 6.42 Å². The van der Waals surface area contributed by atoms with Crippen LogP contribution in [0.3, 0.4) is 0 Å². The second-order valence-electron chi connectivity index (χ2n) is 11.4. The lowest BCUT2D eigenvalue weighted by Gasteiger charge is -2.34. The van der Waals surface area contributed by atoms with E-state index in [0.29, 0.717) is 29.3 Å². The molecular formula is C36H30BF2N3. The van der Waals surface area contributed by atoms with E-state index < -0.39 is 6.97 Å². The SMILES string of the molecule is C#CCn1c2ccccc2c2cc(/C=C/C3=[N+]4C(=C(c5ccc(C)cc5)c5c(C)cc(C)n5[B-]4(F)F)C(C)=C3)ccc21. The normalized spacial score (nSPS) is 16.0. The van der Waals surface area contributed by atoms with Gasteiger partial charge < -0.3 is 22.2 Å². The predicted molar refractivity (Wildman–Crippen MR) is 171 cm³/mol. The molecule has 3 nitrogen and oxygen atoms in total. The highest BCUT2D eigenvalue weighted by molar-refractivity contribution is 6.58. The standard InChI is InChI=1S/C36H30BF2N3/c1-6-19-40-32-10-8-7-9-30(32)31-22-27(14-18-33(31)40)13-17-29-21-25(4)36-34(28-15-11-23(2)12-16-28)35-24(3)20-26(5)41(35)37(38,39)42(29)36/h1,7-18,20-22H,19H2,2-5H3/b17-13+. The summed E-state index contributed by atoms with van der Waals surface area (Å²) in [5, 5.41) is 2.20. The smallest absolute Gasteiger partial charge is 0.393 e. The van der Waals surface area contributed by atoms with Crippen LogP contribution in [0.15, 0.2) is 96.2 Å². The van der Waals surface area contributed by atoms with Gasteiger partial charge in [-0.05, 0) is 80.4 Å². The van der Waals surface area contributed by atoms with Crippen molar-refractivity contribution < 1.29 is 13.1 Å². The van der Waals surface area contributed by atoms with Crippen molar-refractivity contribution in [1.29, 1.82) is 0 Å². The van der Waals surface area contributed by atoms with Gasteiger partial charge in [-0.1, -0.05) is 60.0 Å². The van der Waals surface area contributed by atoms with Crippen LogP contribution in [-0.2, 0) is 6.54 Å². The molecule has 3 aromatic carbocycles. The maximum Gasteiger partial charge on any atom is 0.737 e. The number of hydrogen-bond acceptors (Lipinski definition) is 0. The Balaban J connectivity index is 1.42. The molecule has 0 N–H and O–H groups in total. The largest absolute Gasteiger partial charge is 0.737 e. The molecule has 0 aliphatic carbocycles. The Kier molecular flexibility index (Phi) is 5.78. The summed E-state index contributed by atoms with van der Waals surface area (Å²) in [5.41, 5.74) is 9.85. The zero-order valence-corrected chi connectivity index (χ0v) is 24.1. The molecule has 6 heteroatoms. The molecule has 0 unspecified atom stereocenters. The fourth-order valence-corrected chi connectivity index (χ4v) is 6.83. The number of fused-ring (bicyclic) bond motifs is 5. The number of hydrogen-bond donors (Lipinski definition) is 0. The molecule has 206 valence electrons. The fraction of sp³-hybridized carbons (Fsp3) is 0.139. The molecule has 0 bridgehead atoms. The van der Waals surface area contributed by atoms with Gasteiger partial charge in [0.15, 0.2) is 11.4 Å². The van der Waals surface area contributed by atoms with E-state index in [1.807, 2.05) is 87.5 Å². The van der Waals surface area contributed by atoms with Crippen molar-refractivity contribution in [2.24, 2.45) is 0 Å². The van der Waals surface area contributed by atoms with Crippen molar-refractivity contribution in [3.05, 3.63) is 130 Å². The number of nitrogens with zero attached hydrogens (tertiary/aromatic N) is 3. The minimum atomic E-state index is -4.12. The minimum absolute atomic E-state index is 0.475. The van der Waals surface area contributed by atoms with E-state index in [1.165, 1.54) is 8.96 Å². The molecule has 0 radical (unpaired) electrons. The maximum absolute atomic E-state index is 16.6. The van der Waals surface area contributed by atoms with Crippen molar-refractivity contribution in [3.8, 4) is 12.3 Å². The zero-order chi connectivity index (χ0) is 29.3. The second kappa shape index (κ2) is 9.32. The Hall–Kier alpha value is -4.89. The van der Waals surface area contributed by atoms with E-state index >= 15 is 8.63 Å². The highest BCUT2D eigenvalue weighted by atomic mass is 19.2. The van der Waals surface area contributed by atoms with Gasteiger partial charge in [0.25, 0.3) is 0 Å². The van der Waals surface area contributed by atoms with Crippen LogP contribution in [0.25, 0.3) is 33.5 Å². The summed E-state index contributed by atoms with van der Waals surface area (Å²) in [6.07, 6.45) is 11.3. The third-order valence-corrected chi connectivity index (χ3v) is 8.60. The van der Waals surface area contributed by atoms with Gasteiger partial charge in [0.2, 0.25) is 0 Å². The Labute approximate surface area is 244 Å². The first-order valence-corrected chi connectivity index (χ1v) is 14.2. The third-order valence-electron chi connectivity index (χ3n) is 8.60. The average Bonchev–Trinajstić information content (AvgIpc) is 3.58. The van der Waals surface area contributed by atoms with Gasteiger partial charge in [-0.25, -0.2) is 0 Å². The molecule has 0 saturated heterocycles. The molecule has 2 aliphatic rings. The van der Waals surface area contributed by atoms with Crippen molar-refractivity contribution in [3.63, 3.8) is 0 Å². The van der Waals surface area contributed by atoms with Gasteiger partial charge >= 0.3 is 6.97 Å². The summed E-state index contributed by atoms with van der Waals surface area (Å²) in [7, 11) is 0. The lowest BCUT2D eigenvalue weighted by molar-refractivity contribution is -0.362. The lowest BCUT2D eigenvalue weighted by atomic mass is 9.83. The lowest BCUT2D eigenvalue weighted by Crippen LogP contribution is -2.51. The molecule has 0 spiro atoms. The van der Waals surface area contributed by atoms with Gasteiger partial charge in [-0.2, -0.15) is 0 Å². The topological polar surface area (TPSA) is 12.9 Å². The van der Waals surface area contributed by atoms with Crippen molar-refractivity contribution in [2.75, 3.05) is 0 Å². The predicted octanol–water partition coefficient (Wildman–Crippen LogP) is 8.28. The highest BCUT2D eigenvalue weighted by Crippen LogP contribution is 2.44. The number of para-hydroxylation sites is 1. The van der Waals surface area contributed by atoms with Crippen LogP contribution in [0.5, 0.6) is 0 Å². The second-order valence-corrected chi connectivity index (χ2v) is 11.4. The first-order valence-electron chi connectivity index (χ1n) is 14.2. The molecule has 2 aliphatic heterocycles. The number of rotatable bonds is 4. The Bertz CT molecular complexity index is 2130. The minimum Gasteiger partial charge on any atom is -0.393 e. The summed E-state index contributed by atoms with van der Waals surface area (Å²) in [6, 6.07) is 24.4. The van der Waals surface area contributed by atoms with Crippen LogP contribution in [0.2, 0.25) is 0 Å². The number of aromatic nitrogens is 2. The molecule has 0 amide bonds. The summed E-state index contributed by atoms with van der Waals surface area (Å²) in [5.74, 6) is 2.76. The quantitative estimate of drug-likeness (QED) is 0.157. The van der Waals surface area contributed by atoms with Crippen LogP contribution < -0.4 is 0 Å². The summed E-state index contributed by atoms with van der Waals surface area (Å²) in [4.78, 5) is 0. The van der Waals surface area contributed by atoms with Crippen molar-refractivity contribution >= 4 is 46.1 Å². The number of benzene rings is 3. The molecule has 7 rings (SSSR count). The first kappa shape index (κ1) is 26.0. The Morgan fingerprint density at radius 1 is 0.881 bits per heavy atom. The molecule has 42 heavy (non-hydrogen) atoms. The Morgan fingerprint density at radius 3 is 2.38 bits per heavy atom. The van der Waals surface area contributed by atoms with E-state index in [0.717, 1.165) is 55.2 Å². The van der Waals surface area contributed by atoms with Crippen LogP contribution in [0.4, 0.5) is 8.63 Å². The van der Waals surface area contributed by atoms with Crippen LogP contribution in [-0.4, -0.2) is 26.2 Å². The average molecular weight is 553 g/mol. The van der Waals surface area contributed by atoms with Gasteiger partial charge in [0.1, 0.15) is 0 Å². The van der Waals surface area contributed by atoms with E-state index in [1.54, 1.807) is 6.92 Å². The van der Waals surface area contributed by atoms with E-state index in [2.05, 4.69) is 34.8 Å². The summed E-state index contributed by atoms with van der Waals surface area (Å²) in [6.45, 7) is 4.00. The van der Waals surface area contributed by atoms with Gasteiger partial charge in [-0.3, -0.25) is 0 Å². The number of allylic oxidation sites excluding steroid dienone is 3. The van der Waals surface area contributed by atoms with Gasteiger partial charge in [0.05, 0.1) is 17.6 Å². The van der Waals surface area contributed by atoms with Crippen LogP contribution in [0.1, 0.15) is 40.6 Å². The number of aryl methyl sites for hydroxylation is 3. The monoisotopic (exact) mass is 553 g/mol. The Morgan fingerprint density at radius 2 is 1.62 bits per heavy atom. The number of halogens is 2. The summed E-state index contributed by atoms with van der Waals surface area (Å²) >= 11 is 0. The van der Waals surface area contributed by atoms with E-state index in [-0.39, 0.29) is 0 Å². The molecule has 0 saturated carbocycles. The van der Waals surface area contributed by atoms with Crippen molar-refractivity contribution in [2.45, 2.75) is 34.2 Å². The van der Waals surface area contributed by atoms with Crippen LogP contribution in [0, 0.1) is 33.1 Å². The molecule has 0 fully saturated rings. The molecule has 5 aromatic rings. The number of terminal acetylenes is 1. The maximum atomic E-state index is 16.6. The summed E-state index contributed by atoms with van der Waals surface area (Å²) < 4.78 is 37.8. The van der Waals surface area contributed by atoms with Gasteiger partial charge in [0, 0.05) is 39.7 Å². The molecular weight excluding hydrogens is 523 g/mol. The van der Waals surface area contributed by atoms with Gasteiger partial charge in [-0.15, -0.1) is 6.42 Å². The third kappa shape index (κ3) is 3.70. The van der Waals surface area contributed by atoms with Crippen molar-refractivity contribution in [1.82, 2.24) is 9.05 Å². The molecule has 2 aromatic heterocycles.